The number of anilines is 1. The Morgan fingerprint density at radius 2 is 1.58 bits per heavy atom. The lowest BCUT2D eigenvalue weighted by Gasteiger charge is -2.33. The molecule has 0 fully saturated rings. The Kier molecular flexibility index (Phi) is 8.75. The minimum Gasteiger partial charge on any atom is -0.481 e. The summed E-state index contributed by atoms with van der Waals surface area (Å²) >= 11 is 4.18. The zero-order chi connectivity index (χ0) is 24.6. The van der Waals surface area contributed by atoms with Gasteiger partial charge in [0.25, 0.3) is 0 Å². The average molecular weight is 484 g/mol. The van der Waals surface area contributed by atoms with Crippen LogP contribution in [0.1, 0.15) is 24.0 Å². The highest BCUT2D eigenvalue weighted by atomic mass is 32.1. The van der Waals surface area contributed by atoms with Gasteiger partial charge in [-0.05, 0) is 36.2 Å². The lowest BCUT2D eigenvalue weighted by molar-refractivity contribution is -0.148. The molecule has 0 saturated heterocycles. The number of thiol groups is 1. The Balaban J connectivity index is 2.32. The lowest BCUT2D eigenvalue weighted by atomic mass is 9.97. The van der Waals surface area contributed by atoms with Gasteiger partial charge in [-0.15, -0.1) is 0 Å². The molecule has 0 spiro atoms. The maximum absolute atomic E-state index is 13.0. The van der Waals surface area contributed by atoms with Crippen LogP contribution in [0, 0.1) is 5.92 Å². The van der Waals surface area contributed by atoms with Crippen molar-refractivity contribution in [1.29, 1.82) is 0 Å². The van der Waals surface area contributed by atoms with Gasteiger partial charge in [0.15, 0.2) is 0 Å². The van der Waals surface area contributed by atoms with Crippen LogP contribution in [0.2, 0.25) is 0 Å². The minimum absolute atomic E-state index is 0.0402. The topological polar surface area (TPSA) is 116 Å². The zero-order valence-corrected chi connectivity index (χ0v) is 18.2. The van der Waals surface area contributed by atoms with Crippen molar-refractivity contribution in [2.75, 3.05) is 11.1 Å². The van der Waals surface area contributed by atoms with Gasteiger partial charge in [0.05, 0.1) is 11.5 Å². The van der Waals surface area contributed by atoms with Gasteiger partial charge in [-0.25, -0.2) is 4.79 Å². The van der Waals surface area contributed by atoms with Gasteiger partial charge in [-0.3, -0.25) is 9.59 Å². The fourth-order valence-corrected chi connectivity index (χ4v) is 3.40. The maximum atomic E-state index is 13.0. The summed E-state index contributed by atoms with van der Waals surface area (Å²) in [4.78, 5) is 36.3. The second kappa shape index (κ2) is 11.1. The number of carbonyl (C=O) groups is 3. The summed E-state index contributed by atoms with van der Waals surface area (Å²) in [5.74, 6) is -4.25. The molecule has 0 radical (unpaired) electrons. The van der Waals surface area contributed by atoms with Gasteiger partial charge in [0.2, 0.25) is 11.6 Å². The summed E-state index contributed by atoms with van der Waals surface area (Å²) in [6.45, 7) is 0. The number of hydrogen-bond donors (Lipinski definition) is 5. The van der Waals surface area contributed by atoms with E-state index in [1.807, 2.05) is 0 Å². The van der Waals surface area contributed by atoms with Crippen LogP contribution in [0.15, 0.2) is 54.6 Å². The van der Waals surface area contributed by atoms with Crippen LogP contribution in [0.4, 0.5) is 18.9 Å². The van der Waals surface area contributed by atoms with Crippen molar-refractivity contribution < 1.29 is 37.8 Å². The lowest BCUT2D eigenvalue weighted by Crippen LogP contribution is -2.61. The van der Waals surface area contributed by atoms with Crippen LogP contribution in [0.5, 0.6) is 0 Å². The molecule has 2 aromatic carbocycles. The number of carboxylic acids is 2. The summed E-state index contributed by atoms with van der Waals surface area (Å²) < 4.78 is 38.5. The molecule has 0 aliphatic carbocycles. The predicted octanol–water partition coefficient (Wildman–Crippen LogP) is 3.67. The van der Waals surface area contributed by atoms with Crippen molar-refractivity contribution in [1.82, 2.24) is 5.32 Å². The molecule has 4 N–H and O–H groups in total. The first-order valence-electron chi connectivity index (χ1n) is 9.84. The third-order valence-corrected chi connectivity index (χ3v) is 5.34. The fraction of sp³-hybridized carbons (Fsp3) is 0.318. The van der Waals surface area contributed by atoms with E-state index in [9.17, 15) is 32.7 Å². The van der Waals surface area contributed by atoms with E-state index in [0.29, 0.717) is 0 Å². The Bertz CT molecular complexity index is 970. The van der Waals surface area contributed by atoms with E-state index in [2.05, 4.69) is 23.3 Å². The molecule has 0 aromatic heterocycles. The number of nitrogens with one attached hydrogen (secondary N) is 2. The molecular weight excluding hydrogens is 461 g/mol. The van der Waals surface area contributed by atoms with Gasteiger partial charge >= 0.3 is 18.1 Å². The highest BCUT2D eigenvalue weighted by Gasteiger charge is 2.42. The van der Waals surface area contributed by atoms with E-state index in [-0.39, 0.29) is 17.9 Å². The Morgan fingerprint density at radius 1 is 0.970 bits per heavy atom. The van der Waals surface area contributed by atoms with Crippen LogP contribution in [0.3, 0.4) is 0 Å². The summed E-state index contributed by atoms with van der Waals surface area (Å²) in [6.07, 6.45) is -5.51. The first-order chi connectivity index (χ1) is 15.5. The van der Waals surface area contributed by atoms with Crippen LogP contribution < -0.4 is 10.6 Å². The quantitative estimate of drug-likeness (QED) is 0.246. The van der Waals surface area contributed by atoms with Gasteiger partial charge in [-0.2, -0.15) is 25.8 Å². The van der Waals surface area contributed by atoms with E-state index in [4.69, 9.17) is 5.11 Å². The summed E-state index contributed by atoms with van der Waals surface area (Å²) in [5, 5.41) is 23.8. The van der Waals surface area contributed by atoms with E-state index >= 15 is 0 Å². The molecule has 0 saturated carbocycles. The monoisotopic (exact) mass is 484 g/mol. The van der Waals surface area contributed by atoms with Crippen molar-refractivity contribution in [2.45, 2.75) is 31.1 Å². The number of hydrogen-bond acceptors (Lipinski definition) is 5. The Labute approximate surface area is 193 Å². The second-order valence-electron chi connectivity index (χ2n) is 7.36. The largest absolute Gasteiger partial charge is 0.481 e. The van der Waals surface area contributed by atoms with Gasteiger partial charge in [0, 0.05) is 24.3 Å². The number of carboxylic acid groups (broad SMARTS) is 2. The molecule has 0 aliphatic rings. The standard InChI is InChI=1S/C22H23F3N2O5S/c23-22(24,25)16-6-8-17(9-7-16)26-21(20(31)32,11-10-18(28)29)27-19(30)15(13-33)12-14-4-2-1-3-5-14/h1-9,15,26,33H,10-13H2,(H,27,30)(H,28,29)(H,31,32). The molecule has 178 valence electrons. The molecule has 1 amide bonds. The van der Waals surface area contributed by atoms with Crippen molar-refractivity contribution in [3.63, 3.8) is 0 Å². The average Bonchev–Trinajstić information content (AvgIpc) is 2.76. The molecular formula is C22H23F3N2O5S. The van der Waals surface area contributed by atoms with Crippen molar-refractivity contribution in [2.24, 2.45) is 5.92 Å². The summed E-state index contributed by atoms with van der Waals surface area (Å²) in [7, 11) is 0. The van der Waals surface area contributed by atoms with Crippen molar-refractivity contribution >= 4 is 36.2 Å². The number of rotatable bonds is 11. The molecule has 0 bridgehead atoms. The highest BCUT2D eigenvalue weighted by Crippen LogP contribution is 2.30. The van der Waals surface area contributed by atoms with Gasteiger partial charge < -0.3 is 20.8 Å². The number of amides is 1. The maximum Gasteiger partial charge on any atom is 0.416 e. The minimum atomic E-state index is -4.59. The number of benzene rings is 2. The van der Waals surface area contributed by atoms with Gasteiger partial charge in [0.1, 0.15) is 0 Å². The predicted molar refractivity (Wildman–Crippen MR) is 118 cm³/mol. The highest BCUT2D eigenvalue weighted by molar-refractivity contribution is 7.80. The summed E-state index contributed by atoms with van der Waals surface area (Å²) in [6, 6.07) is 12.5. The molecule has 2 aromatic rings. The van der Waals surface area contributed by atoms with Crippen molar-refractivity contribution in [3.05, 3.63) is 65.7 Å². The van der Waals surface area contributed by atoms with E-state index < -0.39 is 54.0 Å². The van der Waals surface area contributed by atoms with E-state index in [1.165, 1.54) is 0 Å². The number of alkyl halides is 3. The molecule has 33 heavy (non-hydrogen) atoms. The molecule has 0 heterocycles. The van der Waals surface area contributed by atoms with Crippen LogP contribution in [-0.4, -0.2) is 39.5 Å². The third kappa shape index (κ3) is 7.41. The van der Waals surface area contributed by atoms with Crippen LogP contribution in [0.25, 0.3) is 0 Å². The molecule has 2 unspecified atom stereocenters. The molecule has 0 aliphatic heterocycles. The van der Waals surface area contributed by atoms with Crippen LogP contribution in [-0.2, 0) is 27.0 Å². The van der Waals surface area contributed by atoms with Crippen molar-refractivity contribution in [3.8, 4) is 0 Å². The van der Waals surface area contributed by atoms with Crippen LogP contribution >= 0.6 is 12.6 Å². The summed E-state index contributed by atoms with van der Waals surface area (Å²) in [5.41, 5.74) is -2.44. The molecule has 7 nitrogen and oxygen atoms in total. The van der Waals surface area contributed by atoms with Gasteiger partial charge in [-0.1, -0.05) is 30.3 Å². The second-order valence-corrected chi connectivity index (χ2v) is 7.73. The third-order valence-electron chi connectivity index (χ3n) is 4.90. The molecule has 11 heteroatoms. The molecule has 2 rings (SSSR count). The smallest absolute Gasteiger partial charge is 0.416 e. The molecule has 2 atom stereocenters. The SMILES string of the molecule is O=C(O)CCC(NC(=O)C(CS)Cc1ccccc1)(Nc1ccc(C(F)(F)F)cc1)C(=O)O. The number of aliphatic carboxylic acids is 2. The number of halogens is 3. The number of carbonyl (C=O) groups excluding carboxylic acids is 1. The first-order valence-corrected chi connectivity index (χ1v) is 10.5. The zero-order valence-electron chi connectivity index (χ0n) is 17.3. The normalized spacial score (nSPS) is 14.1. The Hall–Kier alpha value is -3.21. The fourth-order valence-electron chi connectivity index (χ4n) is 3.10. The Morgan fingerprint density at radius 3 is 2.06 bits per heavy atom. The van der Waals surface area contributed by atoms with E-state index in [0.717, 1.165) is 29.8 Å². The van der Waals surface area contributed by atoms with E-state index in [1.54, 1.807) is 30.3 Å². The first kappa shape index (κ1) is 26.0.